The van der Waals surface area contributed by atoms with Gasteiger partial charge in [-0.05, 0) is 43.2 Å². The molecule has 0 radical (unpaired) electrons. The van der Waals surface area contributed by atoms with Crippen LogP contribution in [0.25, 0.3) is 0 Å². The maximum atomic E-state index is 12.5. The summed E-state index contributed by atoms with van der Waals surface area (Å²) in [6, 6.07) is 14.7. The van der Waals surface area contributed by atoms with Crippen molar-refractivity contribution in [2.24, 2.45) is 0 Å². The van der Waals surface area contributed by atoms with Crippen LogP contribution in [0.15, 0.2) is 59.5 Å². The number of benzene rings is 2. The van der Waals surface area contributed by atoms with E-state index in [1.54, 1.807) is 24.3 Å². The summed E-state index contributed by atoms with van der Waals surface area (Å²) in [5, 5.41) is 5.17. The van der Waals surface area contributed by atoms with Crippen molar-refractivity contribution in [3.63, 3.8) is 0 Å². The Hall–Kier alpha value is -2.71. The van der Waals surface area contributed by atoms with Crippen LogP contribution in [0, 0.1) is 0 Å². The largest absolute Gasteiger partial charge is 0.343 e. The average molecular weight is 401 g/mol. The fourth-order valence-corrected chi connectivity index (χ4v) is 4.48. The third kappa shape index (κ3) is 5.40. The van der Waals surface area contributed by atoms with E-state index < -0.39 is 15.9 Å². The van der Waals surface area contributed by atoms with Crippen LogP contribution in [0.4, 0.5) is 5.69 Å². The first kappa shape index (κ1) is 20.0. The number of hydrogen-bond acceptors (Lipinski definition) is 4. The van der Waals surface area contributed by atoms with Gasteiger partial charge in [0.25, 0.3) is 5.91 Å². The van der Waals surface area contributed by atoms with Crippen molar-refractivity contribution in [2.45, 2.75) is 36.6 Å². The van der Waals surface area contributed by atoms with Gasteiger partial charge in [-0.1, -0.05) is 37.1 Å². The molecule has 2 aromatic carbocycles. The van der Waals surface area contributed by atoms with Gasteiger partial charge >= 0.3 is 0 Å². The van der Waals surface area contributed by atoms with E-state index >= 15 is 0 Å². The van der Waals surface area contributed by atoms with Gasteiger partial charge < -0.3 is 10.6 Å². The standard InChI is InChI=1S/C20H23N3O4S/c24-19(22-16-8-2-1-3-9-16)14-21-20(25)15-7-6-12-18(13-15)28(26,27)23-17-10-4-5-11-17/h1-3,6-9,12-13,17,23H,4-5,10-11,14H2,(H,21,25)(H,22,24). The maximum Gasteiger partial charge on any atom is 0.251 e. The highest BCUT2D eigenvalue weighted by Crippen LogP contribution is 2.20. The van der Waals surface area contributed by atoms with Crippen LogP contribution in [-0.4, -0.2) is 32.8 Å². The average Bonchev–Trinajstić information content (AvgIpc) is 3.19. The van der Waals surface area contributed by atoms with Gasteiger partial charge in [0.2, 0.25) is 15.9 Å². The van der Waals surface area contributed by atoms with Gasteiger partial charge in [0.1, 0.15) is 0 Å². The molecule has 0 unspecified atom stereocenters. The lowest BCUT2D eigenvalue weighted by Crippen LogP contribution is -2.34. The first-order valence-electron chi connectivity index (χ1n) is 9.19. The molecule has 0 atom stereocenters. The van der Waals surface area contributed by atoms with Gasteiger partial charge in [-0.15, -0.1) is 0 Å². The van der Waals surface area contributed by atoms with E-state index in [4.69, 9.17) is 0 Å². The third-order valence-corrected chi connectivity index (χ3v) is 6.07. The summed E-state index contributed by atoms with van der Waals surface area (Å²) in [6.45, 7) is -0.217. The first-order chi connectivity index (χ1) is 13.4. The number of hydrogen-bond donors (Lipinski definition) is 3. The van der Waals surface area contributed by atoms with E-state index in [-0.39, 0.29) is 29.0 Å². The van der Waals surface area contributed by atoms with Crippen LogP contribution in [0.5, 0.6) is 0 Å². The maximum absolute atomic E-state index is 12.5. The predicted molar refractivity (Wildman–Crippen MR) is 106 cm³/mol. The van der Waals surface area contributed by atoms with Crippen LogP contribution in [0.3, 0.4) is 0 Å². The molecule has 28 heavy (non-hydrogen) atoms. The summed E-state index contributed by atoms with van der Waals surface area (Å²) in [7, 11) is -3.68. The summed E-state index contributed by atoms with van der Waals surface area (Å²) in [6.07, 6.45) is 3.69. The summed E-state index contributed by atoms with van der Waals surface area (Å²) in [4.78, 5) is 24.3. The Morgan fingerprint density at radius 3 is 2.39 bits per heavy atom. The van der Waals surface area contributed by atoms with E-state index in [9.17, 15) is 18.0 Å². The summed E-state index contributed by atoms with van der Waals surface area (Å²) >= 11 is 0. The number of rotatable bonds is 7. The number of carbonyl (C=O) groups is 2. The summed E-state index contributed by atoms with van der Waals surface area (Å²) < 4.78 is 27.7. The molecule has 0 bridgehead atoms. The van der Waals surface area contributed by atoms with E-state index in [1.165, 1.54) is 24.3 Å². The van der Waals surface area contributed by atoms with Crippen molar-refractivity contribution in [1.82, 2.24) is 10.0 Å². The molecule has 2 aromatic rings. The van der Waals surface area contributed by atoms with E-state index in [0.29, 0.717) is 5.69 Å². The van der Waals surface area contributed by atoms with Crippen LogP contribution in [-0.2, 0) is 14.8 Å². The van der Waals surface area contributed by atoms with Gasteiger partial charge in [-0.2, -0.15) is 0 Å². The molecule has 3 N–H and O–H groups in total. The van der Waals surface area contributed by atoms with E-state index in [2.05, 4.69) is 15.4 Å². The highest BCUT2D eigenvalue weighted by Gasteiger charge is 2.23. The highest BCUT2D eigenvalue weighted by atomic mass is 32.2. The van der Waals surface area contributed by atoms with Crippen LogP contribution in [0.2, 0.25) is 0 Å². The van der Waals surface area contributed by atoms with Gasteiger partial charge in [0.15, 0.2) is 0 Å². The van der Waals surface area contributed by atoms with Crippen molar-refractivity contribution < 1.29 is 18.0 Å². The van der Waals surface area contributed by atoms with Crippen LogP contribution in [0.1, 0.15) is 36.0 Å². The lowest BCUT2D eigenvalue weighted by molar-refractivity contribution is -0.115. The second-order valence-electron chi connectivity index (χ2n) is 6.73. The minimum Gasteiger partial charge on any atom is -0.343 e. The lowest BCUT2D eigenvalue weighted by atomic mass is 10.2. The zero-order valence-corrected chi connectivity index (χ0v) is 16.2. The van der Waals surface area contributed by atoms with Gasteiger partial charge in [0.05, 0.1) is 11.4 Å². The molecule has 0 saturated heterocycles. The normalized spacial score (nSPS) is 14.6. The number of carbonyl (C=O) groups excluding carboxylic acids is 2. The predicted octanol–water partition coefficient (Wildman–Crippen LogP) is 2.28. The molecule has 3 rings (SSSR count). The van der Waals surface area contributed by atoms with Crippen molar-refractivity contribution >= 4 is 27.5 Å². The molecule has 0 aliphatic heterocycles. The van der Waals surface area contributed by atoms with Crippen LogP contribution < -0.4 is 15.4 Å². The molecule has 1 aliphatic rings. The Kier molecular flexibility index (Phi) is 6.43. The van der Waals surface area contributed by atoms with Crippen molar-refractivity contribution in [3.8, 4) is 0 Å². The van der Waals surface area contributed by atoms with Crippen molar-refractivity contribution in [2.75, 3.05) is 11.9 Å². The Bertz CT molecular complexity index is 939. The quantitative estimate of drug-likeness (QED) is 0.662. The molecule has 148 valence electrons. The van der Waals surface area contributed by atoms with E-state index in [1.807, 2.05) is 6.07 Å². The minimum absolute atomic E-state index is 0.0424. The summed E-state index contributed by atoms with van der Waals surface area (Å²) in [5.74, 6) is -0.882. The minimum atomic E-state index is -3.68. The molecular formula is C20H23N3O4S. The molecule has 8 heteroatoms. The molecule has 0 spiro atoms. The first-order valence-corrected chi connectivity index (χ1v) is 10.7. The zero-order valence-electron chi connectivity index (χ0n) is 15.4. The third-order valence-electron chi connectivity index (χ3n) is 4.55. The highest BCUT2D eigenvalue weighted by molar-refractivity contribution is 7.89. The monoisotopic (exact) mass is 401 g/mol. The smallest absolute Gasteiger partial charge is 0.251 e. The topological polar surface area (TPSA) is 104 Å². The van der Waals surface area contributed by atoms with Crippen LogP contribution >= 0.6 is 0 Å². The second-order valence-corrected chi connectivity index (χ2v) is 8.44. The Morgan fingerprint density at radius 2 is 1.68 bits per heavy atom. The molecule has 1 fully saturated rings. The number of sulfonamides is 1. The summed E-state index contributed by atoms with van der Waals surface area (Å²) in [5.41, 5.74) is 0.814. The Morgan fingerprint density at radius 1 is 0.964 bits per heavy atom. The Balaban J connectivity index is 1.59. The number of para-hydroxylation sites is 1. The SMILES string of the molecule is O=C(CNC(=O)c1cccc(S(=O)(=O)NC2CCCC2)c1)Nc1ccccc1. The molecule has 2 amide bonds. The second kappa shape index (κ2) is 8.99. The number of amides is 2. The molecular weight excluding hydrogens is 378 g/mol. The molecule has 1 aliphatic carbocycles. The fourth-order valence-electron chi connectivity index (χ4n) is 3.12. The zero-order chi connectivity index (χ0) is 20.0. The molecule has 0 heterocycles. The molecule has 7 nitrogen and oxygen atoms in total. The van der Waals surface area contributed by atoms with Crippen molar-refractivity contribution in [3.05, 3.63) is 60.2 Å². The lowest BCUT2D eigenvalue weighted by Gasteiger charge is -2.13. The molecule has 1 saturated carbocycles. The van der Waals surface area contributed by atoms with Gasteiger partial charge in [-0.3, -0.25) is 9.59 Å². The van der Waals surface area contributed by atoms with Gasteiger partial charge in [0, 0.05) is 17.3 Å². The number of anilines is 1. The molecule has 0 aromatic heterocycles. The van der Waals surface area contributed by atoms with Gasteiger partial charge in [-0.25, -0.2) is 13.1 Å². The fraction of sp³-hybridized carbons (Fsp3) is 0.300. The number of nitrogens with one attached hydrogen (secondary N) is 3. The Labute approximate surface area is 164 Å². The van der Waals surface area contributed by atoms with E-state index in [0.717, 1.165) is 25.7 Å². The van der Waals surface area contributed by atoms with Crippen molar-refractivity contribution in [1.29, 1.82) is 0 Å².